The molecule has 2 rings (SSSR count). The Balaban J connectivity index is 2.33. The molecule has 1 aliphatic heterocycles. The van der Waals surface area contributed by atoms with E-state index in [0.29, 0.717) is 31.2 Å². The quantitative estimate of drug-likeness (QED) is 0.798. The number of nitrogens with zero attached hydrogens (tertiary/aromatic N) is 2. The largest absolute Gasteiger partial charge is 0.378 e. The maximum Gasteiger partial charge on any atom is 0.248 e. The first-order chi connectivity index (χ1) is 8.96. The number of ether oxygens (including phenoxy) is 2. The Morgan fingerprint density at radius 3 is 2.74 bits per heavy atom. The molecule has 1 fully saturated rings. The van der Waals surface area contributed by atoms with E-state index in [9.17, 15) is 8.42 Å². The molecule has 1 saturated heterocycles. The monoisotopic (exact) mass is 290 g/mol. The van der Waals surface area contributed by atoms with Crippen molar-refractivity contribution in [1.29, 1.82) is 0 Å². The summed E-state index contributed by atoms with van der Waals surface area (Å²) in [6.45, 7) is 4.52. The van der Waals surface area contributed by atoms with Crippen LogP contribution in [0, 0.1) is 13.8 Å². The molecule has 0 N–H and O–H groups in total. The van der Waals surface area contributed by atoms with Gasteiger partial charge in [0.1, 0.15) is 10.6 Å². The molecular weight excluding hydrogens is 272 g/mol. The molecule has 1 aromatic rings. The van der Waals surface area contributed by atoms with Gasteiger partial charge in [-0.15, -0.1) is 0 Å². The molecule has 0 spiro atoms. The van der Waals surface area contributed by atoms with Crippen LogP contribution in [0.25, 0.3) is 0 Å². The second-order valence-electron chi connectivity index (χ2n) is 4.45. The van der Waals surface area contributed by atoms with Crippen LogP contribution in [0.3, 0.4) is 0 Å². The molecule has 108 valence electrons. The number of sulfonamides is 1. The number of aromatic nitrogens is 1. The highest BCUT2D eigenvalue weighted by Gasteiger charge is 2.33. The molecule has 0 saturated carbocycles. The van der Waals surface area contributed by atoms with Gasteiger partial charge in [-0.2, -0.15) is 4.31 Å². The van der Waals surface area contributed by atoms with Gasteiger partial charge in [0.25, 0.3) is 0 Å². The average Bonchev–Trinajstić information content (AvgIpc) is 2.59. The van der Waals surface area contributed by atoms with E-state index in [0.717, 1.165) is 0 Å². The van der Waals surface area contributed by atoms with Crippen molar-refractivity contribution in [2.75, 3.05) is 33.4 Å². The summed E-state index contributed by atoms with van der Waals surface area (Å²) >= 11 is 0. The van der Waals surface area contributed by atoms with Crippen LogP contribution in [0.2, 0.25) is 0 Å². The first-order valence-electron chi connectivity index (χ1n) is 6.00. The SMILES string of the molecule is CO[C@H]1COCCN(S(=O)(=O)c2c(C)noc2C)C1. The van der Waals surface area contributed by atoms with Crippen molar-refractivity contribution in [2.24, 2.45) is 0 Å². The average molecular weight is 290 g/mol. The fraction of sp³-hybridized carbons (Fsp3) is 0.727. The van der Waals surface area contributed by atoms with Crippen LogP contribution in [-0.2, 0) is 19.5 Å². The maximum absolute atomic E-state index is 12.6. The second-order valence-corrected chi connectivity index (χ2v) is 6.32. The van der Waals surface area contributed by atoms with Gasteiger partial charge in [0.15, 0.2) is 5.76 Å². The molecule has 8 heteroatoms. The zero-order valence-electron chi connectivity index (χ0n) is 11.2. The van der Waals surface area contributed by atoms with Gasteiger partial charge in [-0.25, -0.2) is 8.42 Å². The Hall–Kier alpha value is -0.960. The Labute approximate surface area is 112 Å². The topological polar surface area (TPSA) is 81.9 Å². The van der Waals surface area contributed by atoms with Crippen LogP contribution in [0.4, 0.5) is 0 Å². The number of aryl methyl sites for hydroxylation is 2. The van der Waals surface area contributed by atoms with Crippen molar-refractivity contribution >= 4 is 10.0 Å². The number of rotatable bonds is 3. The van der Waals surface area contributed by atoms with Crippen molar-refractivity contribution in [3.63, 3.8) is 0 Å². The molecule has 0 bridgehead atoms. The molecule has 0 radical (unpaired) electrons. The first-order valence-corrected chi connectivity index (χ1v) is 7.44. The normalized spacial score (nSPS) is 22.4. The summed E-state index contributed by atoms with van der Waals surface area (Å²) in [5.74, 6) is 0.302. The van der Waals surface area contributed by atoms with Gasteiger partial charge in [0.2, 0.25) is 10.0 Å². The number of hydrogen-bond donors (Lipinski definition) is 0. The summed E-state index contributed by atoms with van der Waals surface area (Å²) in [7, 11) is -2.09. The lowest BCUT2D eigenvalue weighted by Gasteiger charge is -2.22. The summed E-state index contributed by atoms with van der Waals surface area (Å²) in [4.78, 5) is 0.143. The van der Waals surface area contributed by atoms with Crippen molar-refractivity contribution in [3.8, 4) is 0 Å². The van der Waals surface area contributed by atoms with E-state index in [-0.39, 0.29) is 17.5 Å². The van der Waals surface area contributed by atoms with Gasteiger partial charge in [-0.3, -0.25) is 0 Å². The van der Waals surface area contributed by atoms with Gasteiger partial charge in [0.05, 0.1) is 19.3 Å². The van der Waals surface area contributed by atoms with Crippen LogP contribution in [0.5, 0.6) is 0 Å². The zero-order chi connectivity index (χ0) is 14.0. The molecule has 0 aromatic carbocycles. The predicted molar refractivity (Wildman–Crippen MR) is 66.4 cm³/mol. The molecular formula is C11H18N2O5S. The van der Waals surface area contributed by atoms with E-state index < -0.39 is 10.0 Å². The van der Waals surface area contributed by atoms with Crippen molar-refractivity contribution in [3.05, 3.63) is 11.5 Å². The molecule has 0 unspecified atom stereocenters. The molecule has 1 aromatic heterocycles. The standard InChI is InChI=1S/C11H18N2O5S/c1-8-11(9(2)18-12-8)19(14,15)13-4-5-17-7-10(6-13)16-3/h10H,4-7H2,1-3H3/t10-/m1/s1. The molecule has 1 aliphatic rings. The maximum atomic E-state index is 12.6. The van der Waals surface area contributed by atoms with Crippen molar-refractivity contribution < 1.29 is 22.4 Å². The smallest absolute Gasteiger partial charge is 0.248 e. The lowest BCUT2D eigenvalue weighted by atomic mass is 10.4. The molecule has 19 heavy (non-hydrogen) atoms. The summed E-state index contributed by atoms with van der Waals surface area (Å²) in [5, 5.41) is 3.70. The van der Waals surface area contributed by atoms with Gasteiger partial charge >= 0.3 is 0 Å². The van der Waals surface area contributed by atoms with Gasteiger partial charge in [-0.1, -0.05) is 5.16 Å². The lowest BCUT2D eigenvalue weighted by Crippen LogP contribution is -2.38. The molecule has 1 atom stereocenters. The molecule has 7 nitrogen and oxygen atoms in total. The minimum absolute atomic E-state index is 0.143. The number of hydrogen-bond acceptors (Lipinski definition) is 6. The van der Waals surface area contributed by atoms with Crippen LogP contribution >= 0.6 is 0 Å². The highest BCUT2D eigenvalue weighted by Crippen LogP contribution is 2.24. The summed E-state index contributed by atoms with van der Waals surface area (Å²) < 4.78 is 42.1. The van der Waals surface area contributed by atoms with E-state index in [1.807, 2.05) is 0 Å². The highest BCUT2D eigenvalue weighted by molar-refractivity contribution is 7.89. The van der Waals surface area contributed by atoms with Crippen LogP contribution in [-0.4, -0.2) is 57.4 Å². The Bertz CT molecular complexity index is 520. The Kier molecular flexibility index (Phi) is 4.24. The van der Waals surface area contributed by atoms with Crippen LogP contribution in [0.15, 0.2) is 9.42 Å². The van der Waals surface area contributed by atoms with E-state index in [1.54, 1.807) is 21.0 Å². The fourth-order valence-corrected chi connectivity index (χ4v) is 3.83. The summed E-state index contributed by atoms with van der Waals surface area (Å²) in [5.41, 5.74) is 0.372. The van der Waals surface area contributed by atoms with Gasteiger partial charge < -0.3 is 14.0 Å². The Morgan fingerprint density at radius 2 is 2.16 bits per heavy atom. The van der Waals surface area contributed by atoms with Gasteiger partial charge in [-0.05, 0) is 13.8 Å². The fourth-order valence-electron chi connectivity index (χ4n) is 2.09. The molecule has 0 aliphatic carbocycles. The third kappa shape index (κ3) is 2.81. The third-order valence-corrected chi connectivity index (χ3v) is 5.21. The zero-order valence-corrected chi connectivity index (χ0v) is 12.1. The summed E-state index contributed by atoms with van der Waals surface area (Å²) in [6, 6.07) is 0. The van der Waals surface area contributed by atoms with E-state index in [4.69, 9.17) is 14.0 Å². The third-order valence-electron chi connectivity index (χ3n) is 3.10. The first kappa shape index (κ1) is 14.4. The highest BCUT2D eigenvalue weighted by atomic mass is 32.2. The minimum Gasteiger partial charge on any atom is -0.378 e. The predicted octanol–water partition coefficient (Wildman–Crippen LogP) is 0.327. The molecule has 2 heterocycles. The van der Waals surface area contributed by atoms with Gasteiger partial charge in [0, 0.05) is 20.2 Å². The Morgan fingerprint density at radius 1 is 1.42 bits per heavy atom. The second kappa shape index (κ2) is 5.58. The van der Waals surface area contributed by atoms with E-state index in [2.05, 4.69) is 5.16 Å². The summed E-state index contributed by atoms with van der Waals surface area (Å²) in [6.07, 6.45) is -0.266. The lowest BCUT2D eigenvalue weighted by molar-refractivity contribution is 0.0259. The van der Waals surface area contributed by atoms with Crippen LogP contribution in [0.1, 0.15) is 11.5 Å². The molecule has 0 amide bonds. The van der Waals surface area contributed by atoms with Crippen LogP contribution < -0.4 is 0 Å². The minimum atomic E-state index is -3.63. The van der Waals surface area contributed by atoms with Crippen molar-refractivity contribution in [1.82, 2.24) is 9.46 Å². The van der Waals surface area contributed by atoms with E-state index in [1.165, 1.54) is 4.31 Å². The number of methoxy groups -OCH3 is 1. The van der Waals surface area contributed by atoms with E-state index >= 15 is 0 Å². The van der Waals surface area contributed by atoms with Crippen molar-refractivity contribution in [2.45, 2.75) is 24.8 Å².